The summed E-state index contributed by atoms with van der Waals surface area (Å²) in [6.07, 6.45) is 0.157. The second-order valence-electron chi connectivity index (χ2n) is 6.86. The molecule has 3 aromatic rings. The minimum absolute atomic E-state index is 0.130. The molecular weight excluding hydrogens is 418 g/mol. The smallest absolute Gasteiger partial charge is 0.410 e. The Kier molecular flexibility index (Phi) is 5.82. The molecule has 0 fully saturated rings. The number of nitrogens with zero attached hydrogens (tertiary/aromatic N) is 2. The summed E-state index contributed by atoms with van der Waals surface area (Å²) in [7, 11) is 0. The van der Waals surface area contributed by atoms with Crippen LogP contribution in [-0.2, 0) is 17.7 Å². The Bertz CT molecular complexity index is 1190. The topological polar surface area (TPSA) is 105 Å². The zero-order chi connectivity index (χ0) is 22.0. The molecule has 0 radical (unpaired) electrons. The molecule has 3 heterocycles. The molecule has 1 aliphatic rings. The number of carbonyl (C=O) groups excluding carboxylic acids is 2. The van der Waals surface area contributed by atoms with E-state index in [1.54, 1.807) is 24.0 Å². The molecule has 8 nitrogen and oxygen atoms in total. The van der Waals surface area contributed by atoms with Gasteiger partial charge in [-0.15, -0.1) is 11.3 Å². The number of nitriles is 1. The predicted molar refractivity (Wildman–Crippen MR) is 116 cm³/mol. The molecule has 2 aromatic heterocycles. The molecular formula is C22H21N3O5S. The number of hydrogen-bond donors (Lipinski definition) is 1. The summed E-state index contributed by atoms with van der Waals surface area (Å²) in [5.74, 6) is 0.254. The molecule has 0 aliphatic carbocycles. The van der Waals surface area contributed by atoms with E-state index in [1.165, 1.54) is 11.3 Å². The molecule has 0 unspecified atom stereocenters. The van der Waals surface area contributed by atoms with Gasteiger partial charge in [0.05, 0.1) is 25.3 Å². The molecule has 0 spiro atoms. The van der Waals surface area contributed by atoms with Gasteiger partial charge in [0, 0.05) is 16.8 Å². The van der Waals surface area contributed by atoms with Gasteiger partial charge >= 0.3 is 6.09 Å². The molecule has 2 amide bonds. The van der Waals surface area contributed by atoms with Crippen LogP contribution in [0.15, 0.2) is 28.7 Å². The molecule has 1 aliphatic heterocycles. The SMILES string of the molecule is CCOC(=O)N1CCc2c(sc(NC(=O)c3cc4cccc(OCC)c4o3)c2C#N)C1. The van der Waals surface area contributed by atoms with E-state index in [0.29, 0.717) is 54.6 Å². The van der Waals surface area contributed by atoms with Crippen molar-refractivity contribution in [2.45, 2.75) is 26.8 Å². The Balaban J connectivity index is 1.58. The van der Waals surface area contributed by atoms with Crippen LogP contribution in [0.2, 0.25) is 0 Å². The lowest BCUT2D eigenvalue weighted by atomic mass is 10.0. The first-order chi connectivity index (χ1) is 15.0. The van der Waals surface area contributed by atoms with Gasteiger partial charge in [0.25, 0.3) is 5.91 Å². The number of carbonyl (C=O) groups is 2. The fraction of sp³-hybridized carbons (Fsp3) is 0.318. The Morgan fingerprint density at radius 2 is 2.16 bits per heavy atom. The number of hydrogen-bond acceptors (Lipinski definition) is 7. The van der Waals surface area contributed by atoms with Gasteiger partial charge in [-0.1, -0.05) is 12.1 Å². The number of benzene rings is 1. The number of anilines is 1. The van der Waals surface area contributed by atoms with Crippen LogP contribution in [0, 0.1) is 11.3 Å². The van der Waals surface area contributed by atoms with Crippen molar-refractivity contribution in [3.8, 4) is 11.8 Å². The summed E-state index contributed by atoms with van der Waals surface area (Å²) >= 11 is 1.30. The lowest BCUT2D eigenvalue weighted by Gasteiger charge is -2.25. The predicted octanol–water partition coefficient (Wildman–Crippen LogP) is 4.53. The molecule has 4 rings (SSSR count). The van der Waals surface area contributed by atoms with Gasteiger partial charge in [-0.3, -0.25) is 4.79 Å². The Hall–Kier alpha value is -3.51. The summed E-state index contributed by atoms with van der Waals surface area (Å²) in [6, 6.07) is 9.30. The molecule has 0 bridgehead atoms. The third-order valence-electron chi connectivity index (χ3n) is 4.95. The van der Waals surface area contributed by atoms with Crippen LogP contribution in [0.5, 0.6) is 5.75 Å². The molecule has 0 saturated carbocycles. The molecule has 160 valence electrons. The number of amides is 2. The fourth-order valence-corrected chi connectivity index (χ4v) is 4.77. The highest BCUT2D eigenvalue weighted by Crippen LogP contribution is 2.37. The van der Waals surface area contributed by atoms with Crippen molar-refractivity contribution < 1.29 is 23.5 Å². The van der Waals surface area contributed by atoms with Crippen molar-refractivity contribution in [1.82, 2.24) is 4.90 Å². The number of ether oxygens (including phenoxy) is 2. The van der Waals surface area contributed by atoms with Gasteiger partial charge in [-0.25, -0.2) is 4.79 Å². The maximum Gasteiger partial charge on any atom is 0.410 e. The number of thiophene rings is 1. The van der Waals surface area contributed by atoms with Crippen molar-refractivity contribution in [2.75, 3.05) is 25.1 Å². The minimum Gasteiger partial charge on any atom is -0.490 e. The van der Waals surface area contributed by atoms with Gasteiger partial charge < -0.3 is 24.1 Å². The second kappa shape index (κ2) is 8.70. The minimum atomic E-state index is -0.448. The van der Waals surface area contributed by atoms with E-state index in [-0.39, 0.29) is 11.9 Å². The molecule has 31 heavy (non-hydrogen) atoms. The summed E-state index contributed by atoms with van der Waals surface area (Å²) in [5.41, 5.74) is 1.81. The van der Waals surface area contributed by atoms with Crippen molar-refractivity contribution in [3.05, 3.63) is 46.0 Å². The molecule has 1 aromatic carbocycles. The molecule has 0 saturated heterocycles. The van der Waals surface area contributed by atoms with Crippen molar-refractivity contribution in [1.29, 1.82) is 5.26 Å². The monoisotopic (exact) mass is 439 g/mol. The third kappa shape index (κ3) is 3.94. The maximum absolute atomic E-state index is 12.9. The second-order valence-corrected chi connectivity index (χ2v) is 7.97. The average Bonchev–Trinajstić information content (AvgIpc) is 3.35. The van der Waals surface area contributed by atoms with Gasteiger partial charge in [0.2, 0.25) is 0 Å². The fourth-order valence-electron chi connectivity index (χ4n) is 3.56. The molecule has 1 N–H and O–H groups in total. The Morgan fingerprint density at radius 3 is 2.90 bits per heavy atom. The highest BCUT2D eigenvalue weighted by atomic mass is 32.1. The summed E-state index contributed by atoms with van der Waals surface area (Å²) < 4.78 is 16.4. The van der Waals surface area contributed by atoms with E-state index in [2.05, 4.69) is 11.4 Å². The number of para-hydroxylation sites is 1. The highest BCUT2D eigenvalue weighted by Gasteiger charge is 2.28. The Morgan fingerprint density at radius 1 is 1.32 bits per heavy atom. The highest BCUT2D eigenvalue weighted by molar-refractivity contribution is 7.16. The van der Waals surface area contributed by atoms with Gasteiger partial charge in [0.1, 0.15) is 11.1 Å². The number of rotatable bonds is 5. The lowest BCUT2D eigenvalue weighted by Crippen LogP contribution is -2.35. The van der Waals surface area contributed by atoms with E-state index < -0.39 is 5.91 Å². The normalized spacial score (nSPS) is 12.9. The summed E-state index contributed by atoms with van der Waals surface area (Å²) in [4.78, 5) is 27.4. The zero-order valence-corrected chi connectivity index (χ0v) is 18.0. The van der Waals surface area contributed by atoms with Gasteiger partial charge in [-0.2, -0.15) is 5.26 Å². The van der Waals surface area contributed by atoms with Gasteiger partial charge in [0.15, 0.2) is 17.1 Å². The summed E-state index contributed by atoms with van der Waals surface area (Å²) in [6.45, 7) is 5.24. The summed E-state index contributed by atoms with van der Waals surface area (Å²) in [5, 5.41) is 13.7. The first-order valence-electron chi connectivity index (χ1n) is 9.98. The average molecular weight is 439 g/mol. The van der Waals surface area contributed by atoms with Crippen LogP contribution in [0.3, 0.4) is 0 Å². The van der Waals surface area contributed by atoms with Crippen molar-refractivity contribution >= 4 is 39.3 Å². The number of nitrogens with one attached hydrogen (secondary N) is 1. The van der Waals surface area contributed by atoms with E-state index in [1.807, 2.05) is 19.1 Å². The van der Waals surface area contributed by atoms with Crippen LogP contribution >= 0.6 is 11.3 Å². The number of furan rings is 1. The van der Waals surface area contributed by atoms with E-state index in [4.69, 9.17) is 13.9 Å². The van der Waals surface area contributed by atoms with E-state index in [9.17, 15) is 14.9 Å². The van der Waals surface area contributed by atoms with Crippen LogP contribution in [0.1, 0.15) is 40.4 Å². The van der Waals surface area contributed by atoms with E-state index in [0.717, 1.165) is 15.8 Å². The number of fused-ring (bicyclic) bond motifs is 2. The lowest BCUT2D eigenvalue weighted by molar-refractivity contribution is 0.0997. The first kappa shape index (κ1) is 20.8. The van der Waals surface area contributed by atoms with Crippen LogP contribution in [0.4, 0.5) is 9.80 Å². The van der Waals surface area contributed by atoms with Crippen LogP contribution < -0.4 is 10.1 Å². The van der Waals surface area contributed by atoms with Crippen molar-refractivity contribution in [3.63, 3.8) is 0 Å². The van der Waals surface area contributed by atoms with Crippen LogP contribution in [-0.4, -0.2) is 36.7 Å². The quantitative estimate of drug-likeness (QED) is 0.626. The van der Waals surface area contributed by atoms with Crippen LogP contribution in [0.25, 0.3) is 11.0 Å². The van der Waals surface area contributed by atoms with Gasteiger partial charge in [-0.05, 0) is 38.0 Å². The zero-order valence-electron chi connectivity index (χ0n) is 17.2. The molecule has 0 atom stereocenters. The van der Waals surface area contributed by atoms with E-state index >= 15 is 0 Å². The standard InChI is InChI=1S/C22H21N3O5S/c1-3-28-16-7-5-6-13-10-17(30-19(13)16)20(26)24-21-15(11-23)14-8-9-25(12-18(14)31-21)22(27)29-4-2/h5-7,10H,3-4,8-9,12H2,1-2H3,(H,24,26). The third-order valence-corrected chi connectivity index (χ3v) is 6.09. The van der Waals surface area contributed by atoms with Crippen molar-refractivity contribution in [2.24, 2.45) is 0 Å². The first-order valence-corrected chi connectivity index (χ1v) is 10.8. The molecule has 9 heteroatoms. The Labute approximate surface area is 183 Å². The largest absolute Gasteiger partial charge is 0.490 e. The maximum atomic E-state index is 12.9.